The molecule has 0 saturated carbocycles. The summed E-state index contributed by atoms with van der Waals surface area (Å²) in [5.74, 6) is -6.12. The summed E-state index contributed by atoms with van der Waals surface area (Å²) in [7, 11) is 0. The minimum Gasteiger partial charge on any atom is -0.549 e. The van der Waals surface area contributed by atoms with Crippen LogP contribution in [-0.2, 0) is 36.2 Å². The number of hydrogen-bond donors (Lipinski definition) is 0. The van der Waals surface area contributed by atoms with Crippen LogP contribution in [0.4, 0.5) is 0 Å². The summed E-state index contributed by atoms with van der Waals surface area (Å²) in [5.41, 5.74) is 0. The van der Waals surface area contributed by atoms with Gasteiger partial charge in [0.2, 0.25) is 0 Å². The average molecular weight is 352 g/mol. The van der Waals surface area contributed by atoms with Gasteiger partial charge in [0.1, 0.15) is 0 Å². The fourth-order valence-electron chi connectivity index (χ4n) is 1.44. The molecule has 0 aliphatic carbocycles. The summed E-state index contributed by atoms with van der Waals surface area (Å²) in [6.45, 7) is -3.25. The molecule has 0 saturated heterocycles. The molecule has 0 aromatic heterocycles. The maximum absolute atomic E-state index is 10.4. The molecule has 0 rings (SSSR count). The van der Waals surface area contributed by atoms with Crippen LogP contribution in [-0.4, -0.2) is 72.9 Å². The van der Waals surface area contributed by atoms with Gasteiger partial charge in [-0.05, 0) is 0 Å². The Kier molecular flexibility index (Phi) is 11.4. The second-order valence-corrected chi connectivity index (χ2v) is 3.91. The number of nitrogens with zero attached hydrogens (tertiary/aromatic N) is 2. The van der Waals surface area contributed by atoms with Gasteiger partial charge < -0.3 is 39.6 Å². The quantitative estimate of drug-likeness (QED) is 0.326. The van der Waals surface area contributed by atoms with Crippen LogP contribution < -0.4 is 20.4 Å². The Hall–Kier alpha value is -1.68. The van der Waals surface area contributed by atoms with Crippen LogP contribution in [0.15, 0.2) is 0 Å². The van der Waals surface area contributed by atoms with Crippen LogP contribution in [0.25, 0.3) is 0 Å². The Bertz CT molecular complexity index is 321. The third-order valence-electron chi connectivity index (χ3n) is 2.14. The molecule has 1 radical (unpaired) electrons. The van der Waals surface area contributed by atoms with E-state index in [2.05, 4.69) is 0 Å². The van der Waals surface area contributed by atoms with Gasteiger partial charge in [-0.1, -0.05) is 0 Å². The first-order valence-corrected chi connectivity index (χ1v) is 5.44. The molecule has 0 aliphatic heterocycles. The Morgan fingerprint density at radius 3 is 0.905 bits per heavy atom. The van der Waals surface area contributed by atoms with Gasteiger partial charge in [-0.2, -0.15) is 0 Å². The zero-order valence-electron chi connectivity index (χ0n) is 10.7. The summed E-state index contributed by atoms with van der Waals surface area (Å²) in [5, 5.41) is 41.6. The molecule has 0 amide bonds. The molecule has 0 bridgehead atoms. The Balaban J connectivity index is 0. The van der Waals surface area contributed by atoms with Gasteiger partial charge >= 0.3 is 0 Å². The molecule has 0 atom stereocenters. The molecule has 0 heterocycles. The molecule has 0 spiro atoms. The van der Waals surface area contributed by atoms with Crippen molar-refractivity contribution in [3.05, 3.63) is 0 Å². The number of hydrogen-bond acceptors (Lipinski definition) is 10. The van der Waals surface area contributed by atoms with Gasteiger partial charge in [0.15, 0.2) is 0 Å². The van der Waals surface area contributed by atoms with E-state index in [0.29, 0.717) is 0 Å². The Labute approximate surface area is 130 Å². The van der Waals surface area contributed by atoms with Crippen molar-refractivity contribution in [3.8, 4) is 0 Å². The van der Waals surface area contributed by atoms with E-state index in [1.54, 1.807) is 0 Å². The van der Waals surface area contributed by atoms with Gasteiger partial charge in [0, 0.05) is 56.3 Å². The van der Waals surface area contributed by atoms with Gasteiger partial charge in [0.05, 0.1) is 23.9 Å². The SMILES string of the molecule is O=C([O-])CN(CCN(CC(=O)[O-])CC(=O)[O-])CC(=O)[O-].[Cu]. The molecule has 0 aromatic carbocycles. The van der Waals surface area contributed by atoms with Crippen LogP contribution in [0, 0.1) is 0 Å². The van der Waals surface area contributed by atoms with E-state index in [9.17, 15) is 39.6 Å². The Morgan fingerprint density at radius 1 is 0.571 bits per heavy atom. The van der Waals surface area contributed by atoms with E-state index >= 15 is 0 Å². The van der Waals surface area contributed by atoms with Crippen LogP contribution >= 0.6 is 0 Å². The molecule has 0 unspecified atom stereocenters. The molecule has 0 N–H and O–H groups in total. The number of carbonyl (C=O) groups excluding carboxylic acids is 4. The van der Waals surface area contributed by atoms with Crippen molar-refractivity contribution in [2.75, 3.05) is 39.3 Å². The maximum atomic E-state index is 10.4. The number of carbonyl (C=O) groups is 4. The smallest absolute Gasteiger partial charge is 0.0555 e. The number of carboxylic acid groups (broad SMARTS) is 4. The van der Waals surface area contributed by atoms with Crippen LogP contribution in [0.3, 0.4) is 0 Å². The van der Waals surface area contributed by atoms with Crippen molar-refractivity contribution in [2.45, 2.75) is 0 Å². The fourth-order valence-corrected chi connectivity index (χ4v) is 1.44. The molecular formula is C10H12CuN2O8-4. The molecule has 10 nitrogen and oxygen atoms in total. The molecular weight excluding hydrogens is 340 g/mol. The van der Waals surface area contributed by atoms with E-state index in [1.165, 1.54) is 0 Å². The fraction of sp³-hybridized carbons (Fsp3) is 0.600. The summed E-state index contributed by atoms with van der Waals surface area (Å²) in [6, 6.07) is 0. The van der Waals surface area contributed by atoms with Crippen LogP contribution in [0.2, 0.25) is 0 Å². The number of carboxylic acids is 4. The molecule has 0 aliphatic rings. The van der Waals surface area contributed by atoms with Gasteiger partial charge in [0.25, 0.3) is 0 Å². The van der Waals surface area contributed by atoms with Crippen molar-refractivity contribution in [1.29, 1.82) is 0 Å². The predicted octanol–water partition coefficient (Wildman–Crippen LogP) is -7.41. The first-order valence-electron chi connectivity index (χ1n) is 5.44. The third kappa shape index (κ3) is 13.1. The van der Waals surface area contributed by atoms with E-state index in [-0.39, 0.29) is 30.2 Å². The summed E-state index contributed by atoms with van der Waals surface area (Å²) >= 11 is 0. The molecule has 125 valence electrons. The van der Waals surface area contributed by atoms with Gasteiger partial charge in [-0.3, -0.25) is 9.80 Å². The van der Waals surface area contributed by atoms with E-state index in [1.807, 2.05) is 0 Å². The zero-order valence-corrected chi connectivity index (χ0v) is 11.6. The first-order chi connectivity index (χ1) is 9.20. The van der Waals surface area contributed by atoms with E-state index in [4.69, 9.17) is 0 Å². The van der Waals surface area contributed by atoms with E-state index in [0.717, 1.165) is 9.80 Å². The van der Waals surface area contributed by atoms with Crippen molar-refractivity contribution in [3.63, 3.8) is 0 Å². The maximum Gasteiger partial charge on any atom is 0.0555 e. The summed E-state index contributed by atoms with van der Waals surface area (Å²) in [6.07, 6.45) is 0. The predicted molar refractivity (Wildman–Crippen MR) is 52.9 cm³/mol. The normalized spacial score (nSPS) is 10.2. The second kappa shape index (κ2) is 11.0. The molecule has 21 heavy (non-hydrogen) atoms. The van der Waals surface area contributed by atoms with Crippen molar-refractivity contribution in [2.24, 2.45) is 0 Å². The molecule has 0 aromatic rings. The minimum atomic E-state index is -1.53. The van der Waals surface area contributed by atoms with Crippen molar-refractivity contribution >= 4 is 23.9 Å². The third-order valence-corrected chi connectivity index (χ3v) is 2.14. The average Bonchev–Trinajstić information content (AvgIpc) is 2.22. The van der Waals surface area contributed by atoms with Crippen LogP contribution in [0.5, 0.6) is 0 Å². The first kappa shape index (κ1) is 21.6. The largest absolute Gasteiger partial charge is 0.549 e. The summed E-state index contributed by atoms with van der Waals surface area (Å²) in [4.78, 5) is 43.4. The Morgan fingerprint density at radius 2 is 0.762 bits per heavy atom. The van der Waals surface area contributed by atoms with Gasteiger partial charge in [-0.25, -0.2) is 0 Å². The number of aliphatic carboxylic acids is 4. The van der Waals surface area contributed by atoms with Crippen molar-refractivity contribution in [1.82, 2.24) is 9.80 Å². The molecule has 0 fully saturated rings. The van der Waals surface area contributed by atoms with Crippen LogP contribution in [0.1, 0.15) is 0 Å². The number of rotatable bonds is 11. The topological polar surface area (TPSA) is 167 Å². The standard InChI is InChI=1S/C10H16N2O8.Cu/c13-7(14)3-11(4-8(15)16)1-2-12(5-9(17)18)6-10(19)20;/h1-6H2,(H,13,14)(H,15,16)(H,17,18)(H,19,20);/p-4. The zero-order chi connectivity index (χ0) is 15.7. The monoisotopic (exact) mass is 351 g/mol. The van der Waals surface area contributed by atoms with Gasteiger partial charge in [-0.15, -0.1) is 0 Å². The summed E-state index contributed by atoms with van der Waals surface area (Å²) < 4.78 is 0. The van der Waals surface area contributed by atoms with E-state index < -0.39 is 50.1 Å². The minimum absolute atomic E-state index is 0. The van der Waals surface area contributed by atoms with Crippen molar-refractivity contribution < 1.29 is 56.7 Å². The second-order valence-electron chi connectivity index (χ2n) is 3.91. The molecule has 11 heteroatoms.